The normalized spacial score (nSPS) is 15.0. The van der Waals surface area contributed by atoms with E-state index in [1.54, 1.807) is 12.3 Å². The zero-order chi connectivity index (χ0) is 18.2. The number of anilines is 1. The van der Waals surface area contributed by atoms with Crippen LogP contribution in [0, 0.1) is 0 Å². The minimum atomic E-state index is -0.00898. The molecule has 2 aromatic rings. The van der Waals surface area contributed by atoms with Gasteiger partial charge < -0.3 is 10.2 Å². The molecular weight excluding hydrogens is 326 g/mol. The maximum absolute atomic E-state index is 12.7. The molecule has 0 aliphatic carbocycles. The van der Waals surface area contributed by atoms with Crippen LogP contribution in [0.5, 0.6) is 0 Å². The van der Waals surface area contributed by atoms with Gasteiger partial charge in [-0.25, -0.2) is 9.97 Å². The molecule has 1 aromatic carbocycles. The molecule has 0 spiro atoms. The highest BCUT2D eigenvalue weighted by Gasteiger charge is 2.23. The highest BCUT2D eigenvalue weighted by molar-refractivity contribution is 5.92. The summed E-state index contributed by atoms with van der Waals surface area (Å²) in [4.78, 5) is 25.6. The second kappa shape index (κ2) is 9.29. The molecule has 1 amide bonds. The lowest BCUT2D eigenvalue weighted by Crippen LogP contribution is -2.48. The van der Waals surface area contributed by atoms with E-state index in [2.05, 4.69) is 51.4 Å². The van der Waals surface area contributed by atoms with E-state index in [0.717, 1.165) is 52.1 Å². The number of rotatable bonds is 7. The topological polar surface area (TPSA) is 61.4 Å². The predicted octanol–water partition coefficient (Wildman–Crippen LogP) is 2.65. The number of piperazine rings is 1. The Kier molecular flexibility index (Phi) is 6.55. The zero-order valence-electron chi connectivity index (χ0n) is 15.4. The molecular formula is C20H27N5O. The average molecular weight is 353 g/mol. The summed E-state index contributed by atoms with van der Waals surface area (Å²) < 4.78 is 0. The zero-order valence-corrected chi connectivity index (χ0v) is 15.4. The minimum absolute atomic E-state index is 0.00898. The van der Waals surface area contributed by atoms with Crippen molar-refractivity contribution in [2.24, 2.45) is 0 Å². The van der Waals surface area contributed by atoms with Gasteiger partial charge >= 0.3 is 0 Å². The van der Waals surface area contributed by atoms with Gasteiger partial charge in [-0.2, -0.15) is 0 Å². The first kappa shape index (κ1) is 18.3. The van der Waals surface area contributed by atoms with Gasteiger partial charge in [0.1, 0.15) is 5.69 Å². The Morgan fingerprint density at radius 3 is 2.62 bits per heavy atom. The summed E-state index contributed by atoms with van der Waals surface area (Å²) in [7, 11) is 0. The van der Waals surface area contributed by atoms with Crippen molar-refractivity contribution in [3.05, 3.63) is 53.9 Å². The second-order valence-electron chi connectivity index (χ2n) is 6.60. The third kappa shape index (κ3) is 5.02. The largest absolute Gasteiger partial charge is 0.354 e. The lowest BCUT2D eigenvalue weighted by Gasteiger charge is -2.34. The van der Waals surface area contributed by atoms with Gasteiger partial charge in [-0.1, -0.05) is 43.7 Å². The third-order valence-corrected chi connectivity index (χ3v) is 4.60. The quantitative estimate of drug-likeness (QED) is 0.776. The summed E-state index contributed by atoms with van der Waals surface area (Å²) in [6, 6.07) is 12.2. The molecule has 1 aliphatic heterocycles. The Morgan fingerprint density at radius 2 is 1.88 bits per heavy atom. The van der Waals surface area contributed by atoms with Crippen LogP contribution in [0.4, 0.5) is 5.95 Å². The molecule has 0 unspecified atom stereocenters. The van der Waals surface area contributed by atoms with E-state index in [1.165, 1.54) is 5.56 Å². The van der Waals surface area contributed by atoms with Crippen molar-refractivity contribution in [3.8, 4) is 0 Å². The number of unbranched alkanes of at least 4 members (excludes halogenated alkanes) is 1. The average Bonchev–Trinajstić information content (AvgIpc) is 2.69. The van der Waals surface area contributed by atoms with E-state index in [-0.39, 0.29) is 5.91 Å². The first-order chi connectivity index (χ1) is 12.8. The van der Waals surface area contributed by atoms with E-state index in [4.69, 9.17) is 0 Å². The number of hydrogen-bond donors (Lipinski definition) is 1. The van der Waals surface area contributed by atoms with Crippen molar-refractivity contribution in [1.29, 1.82) is 0 Å². The number of carbonyl (C=O) groups excluding carboxylic acids is 1. The molecule has 3 rings (SSSR count). The number of benzene rings is 1. The van der Waals surface area contributed by atoms with Crippen LogP contribution in [0.1, 0.15) is 35.8 Å². The fourth-order valence-electron chi connectivity index (χ4n) is 3.05. The van der Waals surface area contributed by atoms with Crippen molar-refractivity contribution in [2.75, 3.05) is 38.0 Å². The van der Waals surface area contributed by atoms with Crippen molar-refractivity contribution < 1.29 is 4.79 Å². The van der Waals surface area contributed by atoms with Crippen LogP contribution in [-0.4, -0.2) is 58.4 Å². The molecule has 6 heteroatoms. The summed E-state index contributed by atoms with van der Waals surface area (Å²) in [6.45, 7) is 7.12. The molecule has 6 nitrogen and oxygen atoms in total. The van der Waals surface area contributed by atoms with Gasteiger partial charge in [-0.15, -0.1) is 0 Å². The van der Waals surface area contributed by atoms with Crippen LogP contribution in [0.3, 0.4) is 0 Å². The van der Waals surface area contributed by atoms with Gasteiger partial charge in [0.15, 0.2) is 0 Å². The Labute approximate surface area is 155 Å². The van der Waals surface area contributed by atoms with Crippen molar-refractivity contribution in [2.45, 2.75) is 26.3 Å². The van der Waals surface area contributed by atoms with Crippen LogP contribution in [0.25, 0.3) is 0 Å². The second-order valence-corrected chi connectivity index (χ2v) is 6.60. The third-order valence-electron chi connectivity index (χ3n) is 4.60. The minimum Gasteiger partial charge on any atom is -0.354 e. The van der Waals surface area contributed by atoms with Gasteiger partial charge in [0, 0.05) is 45.5 Å². The van der Waals surface area contributed by atoms with Gasteiger partial charge in [-0.05, 0) is 18.1 Å². The van der Waals surface area contributed by atoms with Crippen LogP contribution in [0.2, 0.25) is 0 Å². The van der Waals surface area contributed by atoms with E-state index in [0.29, 0.717) is 11.6 Å². The molecule has 1 aromatic heterocycles. The number of aromatic nitrogens is 2. The fourth-order valence-corrected chi connectivity index (χ4v) is 3.05. The summed E-state index contributed by atoms with van der Waals surface area (Å²) in [6.07, 6.45) is 3.82. The number of nitrogens with zero attached hydrogens (tertiary/aromatic N) is 4. The maximum Gasteiger partial charge on any atom is 0.272 e. The van der Waals surface area contributed by atoms with E-state index >= 15 is 0 Å². The Hall–Kier alpha value is -2.47. The Bertz CT molecular complexity index is 698. The van der Waals surface area contributed by atoms with Crippen LogP contribution in [-0.2, 0) is 6.54 Å². The van der Waals surface area contributed by atoms with E-state index in [1.807, 2.05) is 11.0 Å². The van der Waals surface area contributed by atoms with Crippen LogP contribution < -0.4 is 5.32 Å². The molecule has 0 atom stereocenters. The van der Waals surface area contributed by atoms with E-state index in [9.17, 15) is 4.79 Å². The summed E-state index contributed by atoms with van der Waals surface area (Å²) >= 11 is 0. The molecule has 0 bridgehead atoms. The number of carbonyl (C=O) groups is 1. The van der Waals surface area contributed by atoms with Gasteiger partial charge in [0.2, 0.25) is 5.95 Å². The molecule has 0 saturated carbocycles. The molecule has 1 aliphatic rings. The number of hydrogen-bond acceptors (Lipinski definition) is 5. The highest BCUT2D eigenvalue weighted by Crippen LogP contribution is 2.11. The molecule has 138 valence electrons. The van der Waals surface area contributed by atoms with Gasteiger partial charge in [0.05, 0.1) is 0 Å². The lowest BCUT2D eigenvalue weighted by atomic mass is 10.2. The number of nitrogens with one attached hydrogen (secondary N) is 1. The first-order valence-corrected chi connectivity index (χ1v) is 9.38. The standard InChI is InChI=1S/C20H27N5O/c1-2-3-10-21-20-22-11-9-18(23-20)19(26)25-14-12-24(13-15-25)16-17-7-5-4-6-8-17/h4-9,11H,2-3,10,12-16H2,1H3,(H,21,22,23). The first-order valence-electron chi connectivity index (χ1n) is 9.38. The monoisotopic (exact) mass is 353 g/mol. The summed E-state index contributed by atoms with van der Waals surface area (Å²) in [5.74, 6) is 0.525. The van der Waals surface area contributed by atoms with Gasteiger partial charge in [-0.3, -0.25) is 9.69 Å². The molecule has 1 fully saturated rings. The van der Waals surface area contributed by atoms with Crippen molar-refractivity contribution >= 4 is 11.9 Å². The molecule has 2 heterocycles. The summed E-state index contributed by atoms with van der Waals surface area (Å²) in [5, 5.41) is 3.18. The molecule has 1 N–H and O–H groups in total. The van der Waals surface area contributed by atoms with Gasteiger partial charge in [0.25, 0.3) is 5.91 Å². The van der Waals surface area contributed by atoms with Crippen molar-refractivity contribution in [3.63, 3.8) is 0 Å². The maximum atomic E-state index is 12.7. The fraction of sp³-hybridized carbons (Fsp3) is 0.450. The highest BCUT2D eigenvalue weighted by atomic mass is 16.2. The predicted molar refractivity (Wildman–Crippen MR) is 103 cm³/mol. The smallest absolute Gasteiger partial charge is 0.272 e. The molecule has 0 radical (unpaired) electrons. The SMILES string of the molecule is CCCCNc1nccc(C(=O)N2CCN(Cc3ccccc3)CC2)n1. The Balaban J connectivity index is 1.52. The van der Waals surface area contributed by atoms with E-state index < -0.39 is 0 Å². The summed E-state index contributed by atoms with van der Waals surface area (Å²) in [5.41, 5.74) is 1.78. The lowest BCUT2D eigenvalue weighted by molar-refractivity contribution is 0.0622. The molecule has 26 heavy (non-hydrogen) atoms. The Morgan fingerprint density at radius 1 is 1.12 bits per heavy atom. The van der Waals surface area contributed by atoms with Crippen LogP contribution >= 0.6 is 0 Å². The van der Waals surface area contributed by atoms with Crippen LogP contribution in [0.15, 0.2) is 42.6 Å². The number of amides is 1. The van der Waals surface area contributed by atoms with Crippen molar-refractivity contribution in [1.82, 2.24) is 19.8 Å². The molecule has 1 saturated heterocycles.